The molecule has 0 saturated heterocycles. The molecule has 1 aromatic carbocycles. The second kappa shape index (κ2) is 4.47. The van der Waals surface area contributed by atoms with E-state index in [9.17, 15) is 5.11 Å². The van der Waals surface area contributed by atoms with E-state index in [4.69, 9.17) is 5.73 Å². The first-order valence-corrected chi connectivity index (χ1v) is 5.75. The highest BCUT2D eigenvalue weighted by atomic mass is 32.1. The fourth-order valence-electron chi connectivity index (χ4n) is 1.54. The molecule has 2 rings (SSSR count). The van der Waals surface area contributed by atoms with Gasteiger partial charge in [-0.25, -0.2) is 0 Å². The van der Waals surface area contributed by atoms with Gasteiger partial charge in [-0.15, -0.1) is 0 Å². The second-order valence-electron chi connectivity index (χ2n) is 3.54. The lowest BCUT2D eigenvalue weighted by atomic mass is 10.0. The van der Waals surface area contributed by atoms with Gasteiger partial charge in [-0.05, 0) is 46.5 Å². The van der Waals surface area contributed by atoms with E-state index in [2.05, 4.69) is 5.38 Å². The van der Waals surface area contributed by atoms with Crippen LogP contribution in [0, 0.1) is 0 Å². The first-order chi connectivity index (χ1) is 7.25. The van der Waals surface area contributed by atoms with Crippen molar-refractivity contribution in [1.29, 1.82) is 0 Å². The summed E-state index contributed by atoms with van der Waals surface area (Å²) in [5.74, 6) is 0.296. The summed E-state index contributed by atoms with van der Waals surface area (Å²) in [6.07, 6.45) is 0.755. The Balaban J connectivity index is 2.09. The summed E-state index contributed by atoms with van der Waals surface area (Å²) in [5, 5.41) is 13.4. The van der Waals surface area contributed by atoms with Crippen molar-refractivity contribution in [2.24, 2.45) is 5.73 Å². The standard InChI is InChI=1S/C12H13NOS/c13-12(10-4-5-15-8-10)7-9-2-1-3-11(14)6-9/h1-6,8,12,14H,7,13H2. The van der Waals surface area contributed by atoms with Crippen molar-refractivity contribution in [1.82, 2.24) is 0 Å². The predicted molar refractivity (Wildman–Crippen MR) is 63.1 cm³/mol. The molecule has 1 atom stereocenters. The summed E-state index contributed by atoms with van der Waals surface area (Å²) in [6, 6.07) is 9.29. The third-order valence-corrected chi connectivity index (χ3v) is 3.04. The Morgan fingerprint density at radius 3 is 2.87 bits per heavy atom. The van der Waals surface area contributed by atoms with Crippen LogP contribution in [0.25, 0.3) is 0 Å². The number of thiophene rings is 1. The first-order valence-electron chi connectivity index (χ1n) is 4.81. The van der Waals surface area contributed by atoms with Gasteiger partial charge in [0.2, 0.25) is 0 Å². The second-order valence-corrected chi connectivity index (χ2v) is 4.32. The minimum Gasteiger partial charge on any atom is -0.508 e. The lowest BCUT2D eigenvalue weighted by molar-refractivity contribution is 0.474. The highest BCUT2D eigenvalue weighted by molar-refractivity contribution is 7.07. The molecule has 1 aromatic heterocycles. The van der Waals surface area contributed by atoms with Gasteiger partial charge >= 0.3 is 0 Å². The van der Waals surface area contributed by atoms with Crippen LogP contribution in [0.4, 0.5) is 0 Å². The molecule has 2 nitrogen and oxygen atoms in total. The van der Waals surface area contributed by atoms with Crippen molar-refractivity contribution < 1.29 is 5.11 Å². The Hall–Kier alpha value is -1.32. The van der Waals surface area contributed by atoms with Crippen LogP contribution < -0.4 is 5.73 Å². The van der Waals surface area contributed by atoms with Gasteiger partial charge < -0.3 is 10.8 Å². The van der Waals surface area contributed by atoms with Gasteiger partial charge in [-0.3, -0.25) is 0 Å². The largest absolute Gasteiger partial charge is 0.508 e. The number of phenols is 1. The summed E-state index contributed by atoms with van der Waals surface area (Å²) >= 11 is 1.65. The molecule has 78 valence electrons. The van der Waals surface area contributed by atoms with E-state index in [-0.39, 0.29) is 6.04 Å². The molecule has 0 aliphatic heterocycles. The Labute approximate surface area is 93.0 Å². The predicted octanol–water partition coefficient (Wildman–Crippen LogP) is 2.70. The van der Waals surface area contributed by atoms with Gasteiger partial charge in [0.05, 0.1) is 0 Å². The summed E-state index contributed by atoms with van der Waals surface area (Å²) in [5.41, 5.74) is 8.27. The zero-order valence-electron chi connectivity index (χ0n) is 8.26. The van der Waals surface area contributed by atoms with Crippen molar-refractivity contribution in [3.63, 3.8) is 0 Å². The molecular weight excluding hydrogens is 206 g/mol. The minimum absolute atomic E-state index is 0.0121. The maximum Gasteiger partial charge on any atom is 0.115 e. The highest BCUT2D eigenvalue weighted by Gasteiger charge is 2.07. The van der Waals surface area contributed by atoms with Gasteiger partial charge in [0.1, 0.15) is 5.75 Å². The van der Waals surface area contributed by atoms with Crippen LogP contribution >= 0.6 is 11.3 Å². The molecule has 0 bridgehead atoms. The molecule has 15 heavy (non-hydrogen) atoms. The number of phenolic OH excluding ortho intramolecular Hbond substituents is 1. The third-order valence-electron chi connectivity index (χ3n) is 2.34. The lowest BCUT2D eigenvalue weighted by Gasteiger charge is -2.09. The maximum absolute atomic E-state index is 9.32. The zero-order chi connectivity index (χ0) is 10.7. The average Bonchev–Trinajstić information content (AvgIpc) is 2.70. The molecule has 2 aromatic rings. The summed E-state index contributed by atoms with van der Waals surface area (Å²) in [4.78, 5) is 0. The number of hydrogen-bond acceptors (Lipinski definition) is 3. The molecule has 0 saturated carbocycles. The van der Waals surface area contributed by atoms with Crippen LogP contribution in [0.1, 0.15) is 17.2 Å². The van der Waals surface area contributed by atoms with E-state index in [1.165, 1.54) is 0 Å². The number of rotatable bonds is 3. The van der Waals surface area contributed by atoms with E-state index in [1.807, 2.05) is 23.6 Å². The first kappa shape index (κ1) is 10.2. The monoisotopic (exact) mass is 219 g/mol. The molecule has 3 N–H and O–H groups in total. The molecule has 0 amide bonds. The fraction of sp³-hybridized carbons (Fsp3) is 0.167. The normalized spacial score (nSPS) is 12.6. The van der Waals surface area contributed by atoms with E-state index in [1.54, 1.807) is 23.5 Å². The molecule has 0 aliphatic rings. The fourth-order valence-corrected chi connectivity index (χ4v) is 2.27. The Morgan fingerprint density at radius 2 is 2.20 bits per heavy atom. The number of nitrogens with two attached hydrogens (primary N) is 1. The third kappa shape index (κ3) is 2.58. The molecule has 0 radical (unpaired) electrons. The van der Waals surface area contributed by atoms with Crippen LogP contribution in [-0.4, -0.2) is 5.11 Å². The van der Waals surface area contributed by atoms with Crippen molar-refractivity contribution in [2.75, 3.05) is 0 Å². The highest BCUT2D eigenvalue weighted by Crippen LogP contribution is 2.20. The summed E-state index contributed by atoms with van der Waals surface area (Å²) < 4.78 is 0. The van der Waals surface area contributed by atoms with Crippen molar-refractivity contribution in [2.45, 2.75) is 12.5 Å². The van der Waals surface area contributed by atoms with Crippen molar-refractivity contribution in [3.8, 4) is 5.75 Å². The zero-order valence-corrected chi connectivity index (χ0v) is 9.08. The van der Waals surface area contributed by atoms with Gasteiger partial charge in [-0.1, -0.05) is 12.1 Å². The molecule has 1 heterocycles. The molecule has 0 aliphatic carbocycles. The van der Waals surface area contributed by atoms with Crippen LogP contribution in [0.3, 0.4) is 0 Å². The molecule has 1 unspecified atom stereocenters. The maximum atomic E-state index is 9.32. The van der Waals surface area contributed by atoms with Crippen molar-refractivity contribution in [3.05, 3.63) is 52.2 Å². The van der Waals surface area contributed by atoms with E-state index in [0.717, 1.165) is 17.5 Å². The van der Waals surface area contributed by atoms with Gasteiger partial charge in [-0.2, -0.15) is 11.3 Å². The summed E-state index contributed by atoms with van der Waals surface area (Å²) in [7, 11) is 0. The van der Waals surface area contributed by atoms with Crippen molar-refractivity contribution >= 4 is 11.3 Å². The lowest BCUT2D eigenvalue weighted by Crippen LogP contribution is -2.12. The summed E-state index contributed by atoms with van der Waals surface area (Å²) in [6.45, 7) is 0. The smallest absolute Gasteiger partial charge is 0.115 e. The van der Waals surface area contributed by atoms with Crippen LogP contribution in [0.5, 0.6) is 5.75 Å². The number of benzene rings is 1. The Morgan fingerprint density at radius 1 is 1.33 bits per heavy atom. The number of hydrogen-bond donors (Lipinski definition) is 2. The van der Waals surface area contributed by atoms with Gasteiger partial charge in [0, 0.05) is 6.04 Å². The van der Waals surface area contributed by atoms with Crippen LogP contribution in [0.15, 0.2) is 41.1 Å². The minimum atomic E-state index is 0.0121. The Kier molecular flexibility index (Phi) is 3.04. The van der Waals surface area contributed by atoms with E-state index in [0.29, 0.717) is 5.75 Å². The molecule has 0 spiro atoms. The number of aromatic hydroxyl groups is 1. The topological polar surface area (TPSA) is 46.2 Å². The van der Waals surface area contributed by atoms with Crippen LogP contribution in [0.2, 0.25) is 0 Å². The Bertz CT molecular complexity index is 425. The average molecular weight is 219 g/mol. The molecule has 3 heteroatoms. The van der Waals surface area contributed by atoms with Gasteiger partial charge in [0.25, 0.3) is 0 Å². The molecule has 0 fully saturated rings. The molecular formula is C12H13NOS. The van der Waals surface area contributed by atoms with Gasteiger partial charge in [0.15, 0.2) is 0 Å². The van der Waals surface area contributed by atoms with E-state index < -0.39 is 0 Å². The SMILES string of the molecule is NC(Cc1cccc(O)c1)c1ccsc1. The van der Waals surface area contributed by atoms with Crippen LogP contribution in [-0.2, 0) is 6.42 Å². The quantitative estimate of drug-likeness (QED) is 0.833. The van der Waals surface area contributed by atoms with E-state index >= 15 is 0 Å².